The van der Waals surface area contributed by atoms with E-state index in [9.17, 15) is 13.5 Å². The smallest absolute Gasteiger partial charge is 0.243 e. The maximum Gasteiger partial charge on any atom is 0.243 e. The van der Waals surface area contributed by atoms with Crippen molar-refractivity contribution >= 4 is 15.7 Å². The van der Waals surface area contributed by atoms with Gasteiger partial charge in [-0.15, -0.1) is 0 Å². The highest BCUT2D eigenvalue weighted by Gasteiger charge is 2.44. The Labute approximate surface area is 321 Å². The molecule has 3 aromatic carbocycles. The maximum absolute atomic E-state index is 14.2. The predicted molar refractivity (Wildman–Crippen MR) is 207 cm³/mol. The first-order valence-corrected chi connectivity index (χ1v) is 20.2. The van der Waals surface area contributed by atoms with Crippen molar-refractivity contribution in [3.8, 4) is 5.75 Å². The third kappa shape index (κ3) is 11.5. The predicted octanol–water partition coefficient (Wildman–Crippen LogP) is 4.80. The highest BCUT2D eigenvalue weighted by Crippen LogP contribution is 2.37. The van der Waals surface area contributed by atoms with Gasteiger partial charge < -0.3 is 43.2 Å². The number of rotatable bonds is 21. The molecule has 0 bridgehead atoms. The molecule has 298 valence electrons. The summed E-state index contributed by atoms with van der Waals surface area (Å²) in [7, 11) is 0.996. The number of methoxy groups -OCH3 is 3. The number of aliphatic hydroxyl groups is 1. The molecule has 2 aliphatic heterocycles. The van der Waals surface area contributed by atoms with E-state index in [2.05, 4.69) is 17.9 Å². The van der Waals surface area contributed by atoms with Crippen LogP contribution in [0.1, 0.15) is 41.5 Å². The first-order chi connectivity index (χ1) is 26.1. The summed E-state index contributed by atoms with van der Waals surface area (Å²) in [5.41, 5.74) is 4.87. The van der Waals surface area contributed by atoms with Crippen LogP contribution in [0.15, 0.2) is 71.6 Å². The lowest BCUT2D eigenvalue weighted by Gasteiger charge is -2.43. The number of aryl methyl sites for hydroxylation is 1. The molecule has 5 atom stereocenters. The summed E-state index contributed by atoms with van der Waals surface area (Å²) in [6.07, 6.45) is -1.22. The molecule has 1 fully saturated rings. The first kappa shape index (κ1) is 42.0. The van der Waals surface area contributed by atoms with E-state index in [-0.39, 0.29) is 49.6 Å². The monoisotopic (exact) mass is 770 g/mol. The van der Waals surface area contributed by atoms with Crippen LogP contribution in [-0.2, 0) is 51.7 Å². The lowest BCUT2D eigenvalue weighted by Crippen LogP contribution is -2.54. The van der Waals surface area contributed by atoms with Gasteiger partial charge >= 0.3 is 0 Å². The fourth-order valence-corrected chi connectivity index (χ4v) is 8.47. The molecule has 0 saturated carbocycles. The van der Waals surface area contributed by atoms with Crippen LogP contribution in [0.25, 0.3) is 0 Å². The Bertz CT molecular complexity index is 1670. The van der Waals surface area contributed by atoms with Crippen molar-refractivity contribution in [2.24, 2.45) is 5.92 Å². The second-order valence-corrected chi connectivity index (χ2v) is 16.2. The van der Waals surface area contributed by atoms with Crippen molar-refractivity contribution in [3.63, 3.8) is 0 Å². The summed E-state index contributed by atoms with van der Waals surface area (Å²) in [4.78, 5) is 2.51. The van der Waals surface area contributed by atoms with Crippen LogP contribution in [0.3, 0.4) is 0 Å². The lowest BCUT2D eigenvalue weighted by atomic mass is 9.85. The van der Waals surface area contributed by atoms with E-state index < -0.39 is 28.3 Å². The number of piperidine rings is 1. The molecule has 5 rings (SSSR count). The van der Waals surface area contributed by atoms with Crippen LogP contribution in [0.5, 0.6) is 5.75 Å². The summed E-state index contributed by atoms with van der Waals surface area (Å²) in [5.74, 6) is 0.752. The van der Waals surface area contributed by atoms with Crippen molar-refractivity contribution in [3.05, 3.63) is 89.0 Å². The van der Waals surface area contributed by atoms with Crippen molar-refractivity contribution < 1.29 is 46.7 Å². The van der Waals surface area contributed by atoms with E-state index in [0.29, 0.717) is 33.0 Å². The third-order valence-corrected chi connectivity index (χ3v) is 11.6. The van der Waals surface area contributed by atoms with Crippen LogP contribution in [-0.4, -0.2) is 123 Å². The minimum atomic E-state index is -3.91. The van der Waals surface area contributed by atoms with Gasteiger partial charge in [0, 0.05) is 59.4 Å². The average molecular weight is 771 g/mol. The number of benzene rings is 3. The topological polar surface area (TPSA) is 125 Å². The summed E-state index contributed by atoms with van der Waals surface area (Å²) in [5, 5.41) is 10.6. The molecular weight excluding hydrogens is 713 g/mol. The summed E-state index contributed by atoms with van der Waals surface area (Å²) in [6.45, 7) is 9.06. The minimum absolute atomic E-state index is 0.0323. The van der Waals surface area contributed by atoms with Gasteiger partial charge in [-0.25, -0.2) is 8.42 Å². The van der Waals surface area contributed by atoms with Gasteiger partial charge in [0.1, 0.15) is 18.5 Å². The molecule has 0 unspecified atom stereocenters. The SMILES string of the molecule is COCCCN1CCOc2ccc(CO[C@H]3CN(S(=O)(=O)c4ccc(C)cc4)C[C@@H](OC[C@H](O)COC)[C@@H]3c3ccc(COC[C@@H](C)COC)cc3)cc21. The Hall–Kier alpha value is -3.11. The highest BCUT2D eigenvalue weighted by molar-refractivity contribution is 7.89. The minimum Gasteiger partial charge on any atom is -0.490 e. The van der Waals surface area contributed by atoms with Gasteiger partial charge in [-0.1, -0.05) is 55.0 Å². The Balaban J connectivity index is 1.44. The zero-order valence-electron chi connectivity index (χ0n) is 32.4. The Morgan fingerprint density at radius 2 is 1.54 bits per heavy atom. The Morgan fingerprint density at radius 1 is 0.833 bits per heavy atom. The van der Waals surface area contributed by atoms with Gasteiger partial charge in [0.05, 0.1) is 69.0 Å². The van der Waals surface area contributed by atoms with E-state index in [0.717, 1.165) is 53.2 Å². The number of sulfonamides is 1. The van der Waals surface area contributed by atoms with E-state index >= 15 is 0 Å². The van der Waals surface area contributed by atoms with E-state index in [1.165, 1.54) is 11.4 Å². The Morgan fingerprint density at radius 3 is 2.24 bits per heavy atom. The molecule has 12 nitrogen and oxygen atoms in total. The molecule has 1 saturated heterocycles. The summed E-state index contributed by atoms with van der Waals surface area (Å²) >= 11 is 0. The van der Waals surface area contributed by atoms with Crippen LogP contribution in [0.2, 0.25) is 0 Å². The molecular formula is C41H58N2O10S. The van der Waals surface area contributed by atoms with E-state index in [4.69, 9.17) is 33.2 Å². The summed E-state index contributed by atoms with van der Waals surface area (Å²) < 4.78 is 70.6. The molecule has 0 radical (unpaired) electrons. The van der Waals surface area contributed by atoms with Crippen LogP contribution in [0.4, 0.5) is 5.69 Å². The van der Waals surface area contributed by atoms with Gasteiger partial charge in [0.25, 0.3) is 0 Å². The van der Waals surface area contributed by atoms with Crippen molar-refractivity contribution in [1.29, 1.82) is 0 Å². The van der Waals surface area contributed by atoms with Crippen LogP contribution in [0, 0.1) is 12.8 Å². The number of ether oxygens (including phenoxy) is 7. The average Bonchev–Trinajstić information content (AvgIpc) is 3.17. The van der Waals surface area contributed by atoms with E-state index in [1.807, 2.05) is 43.3 Å². The first-order valence-electron chi connectivity index (χ1n) is 18.7. The number of hydrogen-bond acceptors (Lipinski definition) is 11. The van der Waals surface area contributed by atoms with Crippen LogP contribution >= 0.6 is 0 Å². The second-order valence-electron chi connectivity index (χ2n) is 14.3. The number of nitrogens with zero attached hydrogens (tertiary/aromatic N) is 2. The molecule has 1 N–H and O–H groups in total. The van der Waals surface area contributed by atoms with Crippen LogP contribution < -0.4 is 9.64 Å². The molecule has 0 aliphatic carbocycles. The molecule has 3 aromatic rings. The number of hydrogen-bond donors (Lipinski definition) is 1. The fraction of sp³-hybridized carbons (Fsp3) is 0.561. The lowest BCUT2D eigenvalue weighted by molar-refractivity contribution is -0.0997. The molecule has 0 amide bonds. The van der Waals surface area contributed by atoms with Crippen molar-refractivity contribution in [1.82, 2.24) is 4.31 Å². The normalized spacial score (nSPS) is 20.3. The van der Waals surface area contributed by atoms with Crippen molar-refractivity contribution in [2.75, 3.05) is 92.0 Å². The zero-order valence-corrected chi connectivity index (χ0v) is 33.2. The summed E-state index contributed by atoms with van der Waals surface area (Å²) in [6, 6.07) is 21.1. The van der Waals surface area contributed by atoms with Gasteiger partial charge in [-0.2, -0.15) is 4.31 Å². The molecule has 2 heterocycles. The second kappa shape index (κ2) is 20.7. The fourth-order valence-electron chi connectivity index (χ4n) is 7.01. The largest absolute Gasteiger partial charge is 0.490 e. The molecule has 13 heteroatoms. The van der Waals surface area contributed by atoms with Gasteiger partial charge in [-0.05, 0) is 54.3 Å². The third-order valence-electron chi connectivity index (χ3n) is 9.80. The standard InChI is InChI=1S/C41H58N2O10S/c1-30-7-14-36(15-8-30)54(45,46)43-22-39(52-27-33-11-16-38-37(21-33)42(18-20-51-38)17-6-19-47-3)41(40(23-43)53-29-35(44)28-49-5)34-12-9-32(10-13-34)26-50-25-31(2)24-48-4/h7-16,21,31,35,39-41,44H,6,17-20,22-29H2,1-5H3/t31-,35+,39-,40+,41+/m0/s1. The number of anilines is 1. The van der Waals surface area contributed by atoms with Crippen molar-refractivity contribution in [2.45, 2.75) is 62.6 Å². The number of aliphatic hydroxyl groups excluding tert-OH is 1. The van der Waals surface area contributed by atoms with Gasteiger partial charge in [0.2, 0.25) is 10.0 Å². The van der Waals surface area contributed by atoms with E-state index in [1.54, 1.807) is 38.5 Å². The highest BCUT2D eigenvalue weighted by atomic mass is 32.2. The van der Waals surface area contributed by atoms with Gasteiger partial charge in [-0.3, -0.25) is 0 Å². The molecule has 0 spiro atoms. The van der Waals surface area contributed by atoms with Gasteiger partial charge in [0.15, 0.2) is 0 Å². The molecule has 0 aromatic heterocycles. The number of fused-ring (bicyclic) bond motifs is 1. The maximum atomic E-state index is 14.2. The zero-order chi connectivity index (χ0) is 38.5. The molecule has 2 aliphatic rings. The quantitative estimate of drug-likeness (QED) is 0.150. The molecule has 54 heavy (non-hydrogen) atoms. The Kier molecular flexibility index (Phi) is 16.1.